The molecule has 0 amide bonds. The Hall–Kier alpha value is -1.88. The van der Waals surface area contributed by atoms with Crippen molar-refractivity contribution in [3.8, 4) is 17.0 Å². The van der Waals surface area contributed by atoms with Gasteiger partial charge in [-0.05, 0) is 38.1 Å². The van der Waals surface area contributed by atoms with Crippen molar-refractivity contribution in [3.05, 3.63) is 34.2 Å². The fourth-order valence-electron chi connectivity index (χ4n) is 1.88. The van der Waals surface area contributed by atoms with Crippen molar-refractivity contribution < 1.29 is 14.3 Å². The van der Waals surface area contributed by atoms with Crippen LogP contribution in [0, 0.1) is 6.92 Å². The lowest BCUT2D eigenvalue weighted by atomic mass is 10.1. The predicted molar refractivity (Wildman–Crippen MR) is 79.2 cm³/mol. The first-order chi connectivity index (χ1) is 9.63. The van der Waals surface area contributed by atoms with E-state index in [0.29, 0.717) is 6.61 Å². The minimum atomic E-state index is -0.234. The van der Waals surface area contributed by atoms with Gasteiger partial charge in [-0.25, -0.2) is 4.98 Å². The number of thiazole rings is 1. The molecule has 0 atom stereocenters. The van der Waals surface area contributed by atoms with Crippen LogP contribution in [0.3, 0.4) is 0 Å². The van der Waals surface area contributed by atoms with Crippen molar-refractivity contribution in [2.75, 3.05) is 13.7 Å². The summed E-state index contributed by atoms with van der Waals surface area (Å²) in [5, 5.41) is 0.784. The van der Waals surface area contributed by atoms with Gasteiger partial charge in [0.05, 0.1) is 25.8 Å². The molecule has 1 aromatic heterocycles. The van der Waals surface area contributed by atoms with Gasteiger partial charge < -0.3 is 9.47 Å². The van der Waals surface area contributed by atoms with Gasteiger partial charge in [0.1, 0.15) is 10.8 Å². The number of methoxy groups -OCH3 is 1. The molecule has 0 radical (unpaired) electrons. The Kier molecular flexibility index (Phi) is 4.74. The quantitative estimate of drug-likeness (QED) is 0.794. The number of aromatic nitrogens is 1. The number of esters is 1. The first kappa shape index (κ1) is 14.5. The van der Waals surface area contributed by atoms with Crippen LogP contribution in [-0.4, -0.2) is 24.7 Å². The van der Waals surface area contributed by atoms with E-state index >= 15 is 0 Å². The highest BCUT2D eigenvalue weighted by Crippen LogP contribution is 2.29. The summed E-state index contributed by atoms with van der Waals surface area (Å²) in [4.78, 5) is 17.1. The Balaban J connectivity index is 2.19. The molecular formula is C15H17NO3S. The van der Waals surface area contributed by atoms with Crippen molar-refractivity contribution in [3.63, 3.8) is 0 Å². The SMILES string of the molecule is CCOC(=O)Cc1nc(-c2ccc(OC)cc2)c(C)s1. The second-order valence-electron chi connectivity index (χ2n) is 4.22. The standard InChI is InChI=1S/C15H17NO3S/c1-4-19-14(17)9-13-16-15(10(2)20-13)11-5-7-12(18-3)8-6-11/h5-8H,4,9H2,1-3H3. The van der Waals surface area contributed by atoms with E-state index in [1.54, 1.807) is 14.0 Å². The zero-order valence-electron chi connectivity index (χ0n) is 11.8. The molecule has 0 aliphatic carbocycles. The smallest absolute Gasteiger partial charge is 0.312 e. The average molecular weight is 291 g/mol. The predicted octanol–water partition coefficient (Wildman–Crippen LogP) is 3.23. The van der Waals surface area contributed by atoms with E-state index in [4.69, 9.17) is 9.47 Å². The van der Waals surface area contributed by atoms with Crippen molar-refractivity contribution >= 4 is 17.3 Å². The summed E-state index contributed by atoms with van der Waals surface area (Å²) < 4.78 is 10.1. The van der Waals surface area contributed by atoms with Crippen LogP contribution in [-0.2, 0) is 16.0 Å². The average Bonchev–Trinajstić information content (AvgIpc) is 2.80. The minimum absolute atomic E-state index is 0.232. The maximum absolute atomic E-state index is 11.5. The van der Waals surface area contributed by atoms with E-state index < -0.39 is 0 Å². The van der Waals surface area contributed by atoms with Crippen LogP contribution in [0.25, 0.3) is 11.3 Å². The van der Waals surface area contributed by atoms with Gasteiger partial charge in [-0.1, -0.05) is 0 Å². The summed E-state index contributed by atoms with van der Waals surface area (Å²) in [6.45, 7) is 4.20. The maximum Gasteiger partial charge on any atom is 0.312 e. The molecule has 0 saturated heterocycles. The molecule has 2 rings (SSSR count). The molecule has 0 N–H and O–H groups in total. The highest BCUT2D eigenvalue weighted by Gasteiger charge is 2.13. The third kappa shape index (κ3) is 3.36. The molecular weight excluding hydrogens is 274 g/mol. The number of hydrogen-bond donors (Lipinski definition) is 0. The molecule has 0 saturated carbocycles. The van der Waals surface area contributed by atoms with Gasteiger partial charge >= 0.3 is 5.97 Å². The molecule has 20 heavy (non-hydrogen) atoms. The molecule has 0 unspecified atom stereocenters. The lowest BCUT2D eigenvalue weighted by Gasteiger charge is -2.01. The minimum Gasteiger partial charge on any atom is -0.497 e. The molecule has 0 fully saturated rings. The topological polar surface area (TPSA) is 48.4 Å². The fourth-order valence-corrected chi connectivity index (χ4v) is 2.82. The van der Waals surface area contributed by atoms with Crippen LogP contribution in [0.1, 0.15) is 16.8 Å². The number of benzene rings is 1. The highest BCUT2D eigenvalue weighted by molar-refractivity contribution is 7.12. The second-order valence-corrected chi connectivity index (χ2v) is 5.51. The van der Waals surface area contributed by atoms with E-state index in [9.17, 15) is 4.79 Å². The first-order valence-electron chi connectivity index (χ1n) is 6.40. The van der Waals surface area contributed by atoms with Crippen LogP contribution < -0.4 is 4.74 Å². The van der Waals surface area contributed by atoms with Gasteiger partial charge in [0, 0.05) is 10.4 Å². The summed E-state index contributed by atoms with van der Waals surface area (Å²) in [6.07, 6.45) is 0.232. The summed E-state index contributed by atoms with van der Waals surface area (Å²) in [7, 11) is 1.64. The van der Waals surface area contributed by atoms with Gasteiger partial charge in [-0.3, -0.25) is 4.79 Å². The van der Waals surface area contributed by atoms with Crippen LogP contribution >= 0.6 is 11.3 Å². The zero-order valence-corrected chi connectivity index (χ0v) is 12.6. The van der Waals surface area contributed by atoms with Gasteiger partial charge in [0.2, 0.25) is 0 Å². The third-order valence-corrected chi connectivity index (χ3v) is 3.78. The molecule has 2 aromatic rings. The van der Waals surface area contributed by atoms with Gasteiger partial charge in [0.25, 0.3) is 0 Å². The Morgan fingerprint density at radius 3 is 2.60 bits per heavy atom. The summed E-state index contributed by atoms with van der Waals surface area (Å²) in [5.41, 5.74) is 1.94. The Labute approximate surface area is 122 Å². The Morgan fingerprint density at radius 1 is 1.30 bits per heavy atom. The van der Waals surface area contributed by atoms with Gasteiger partial charge in [0.15, 0.2) is 0 Å². The zero-order chi connectivity index (χ0) is 14.5. The largest absolute Gasteiger partial charge is 0.497 e. The van der Waals surface area contributed by atoms with Gasteiger partial charge in [-0.15, -0.1) is 11.3 Å². The maximum atomic E-state index is 11.5. The van der Waals surface area contributed by atoms with Crippen LogP contribution in [0.4, 0.5) is 0 Å². The number of ether oxygens (including phenoxy) is 2. The van der Waals surface area contributed by atoms with Gasteiger partial charge in [-0.2, -0.15) is 0 Å². The van der Waals surface area contributed by atoms with E-state index in [-0.39, 0.29) is 12.4 Å². The molecule has 0 aliphatic heterocycles. The van der Waals surface area contributed by atoms with Crippen LogP contribution in [0.5, 0.6) is 5.75 Å². The Morgan fingerprint density at radius 2 is 2.00 bits per heavy atom. The molecule has 4 nitrogen and oxygen atoms in total. The van der Waals surface area contributed by atoms with E-state index in [0.717, 1.165) is 26.9 Å². The lowest BCUT2D eigenvalue weighted by Crippen LogP contribution is -2.07. The molecule has 1 heterocycles. The number of rotatable bonds is 5. The van der Waals surface area contributed by atoms with Crippen molar-refractivity contribution in [2.45, 2.75) is 20.3 Å². The second kappa shape index (κ2) is 6.52. The molecule has 0 bridgehead atoms. The summed E-state index contributed by atoms with van der Waals surface area (Å²) in [6, 6.07) is 7.74. The lowest BCUT2D eigenvalue weighted by molar-refractivity contribution is -0.142. The van der Waals surface area contributed by atoms with Crippen LogP contribution in [0.2, 0.25) is 0 Å². The van der Waals surface area contributed by atoms with Crippen molar-refractivity contribution in [1.29, 1.82) is 0 Å². The van der Waals surface area contributed by atoms with E-state index in [2.05, 4.69) is 4.98 Å². The van der Waals surface area contributed by atoms with Crippen LogP contribution in [0.15, 0.2) is 24.3 Å². The summed E-state index contributed by atoms with van der Waals surface area (Å²) in [5.74, 6) is 0.580. The molecule has 1 aromatic carbocycles. The van der Waals surface area contributed by atoms with E-state index in [1.165, 1.54) is 11.3 Å². The normalized spacial score (nSPS) is 10.3. The monoisotopic (exact) mass is 291 g/mol. The van der Waals surface area contributed by atoms with Crippen molar-refractivity contribution in [1.82, 2.24) is 4.98 Å². The highest BCUT2D eigenvalue weighted by atomic mass is 32.1. The van der Waals surface area contributed by atoms with Crippen molar-refractivity contribution in [2.24, 2.45) is 0 Å². The number of nitrogens with zero attached hydrogens (tertiary/aromatic N) is 1. The molecule has 5 heteroatoms. The fraction of sp³-hybridized carbons (Fsp3) is 0.333. The number of aryl methyl sites for hydroxylation is 1. The first-order valence-corrected chi connectivity index (χ1v) is 7.22. The number of hydrogen-bond acceptors (Lipinski definition) is 5. The third-order valence-electron chi connectivity index (χ3n) is 2.81. The molecule has 0 spiro atoms. The number of carbonyl (C=O) groups is 1. The summed E-state index contributed by atoms with van der Waals surface area (Å²) >= 11 is 1.53. The Bertz CT molecular complexity index is 590. The van der Waals surface area contributed by atoms with E-state index in [1.807, 2.05) is 31.2 Å². The molecule has 0 aliphatic rings. The number of carbonyl (C=O) groups excluding carboxylic acids is 1. The molecule has 106 valence electrons.